The number of benzene rings is 7. The molecular weight excluding hydrogens is 1360 g/mol. The number of para-hydroxylation sites is 1. The van der Waals surface area contributed by atoms with Gasteiger partial charge < -0.3 is 89.1 Å². The minimum atomic E-state index is -1.93. The van der Waals surface area contributed by atoms with Crippen LogP contribution in [0.5, 0.6) is 5.75 Å². The molecule has 1 aliphatic rings. The van der Waals surface area contributed by atoms with Crippen molar-refractivity contribution in [3.8, 4) is 16.9 Å². The summed E-state index contributed by atoms with van der Waals surface area (Å²) in [4.78, 5) is 157. The van der Waals surface area contributed by atoms with Crippen molar-refractivity contribution in [3.63, 3.8) is 0 Å². The number of nitrogens with one attached hydrogen (secondary N) is 10. The third kappa shape index (κ3) is 21.5. The summed E-state index contributed by atoms with van der Waals surface area (Å²) in [6, 6.07) is 37.2. The zero-order valence-electron chi connectivity index (χ0n) is 58.7. The Kier molecular flexibility index (Phi) is 27.5. The second-order valence-electron chi connectivity index (χ2n) is 26.3. The highest BCUT2D eigenvalue weighted by molar-refractivity contribution is 5.99. The number of carbonyl (C=O) groups is 11. The Morgan fingerprint density at radius 2 is 1.03 bits per heavy atom. The van der Waals surface area contributed by atoms with Crippen molar-refractivity contribution in [1.82, 2.24) is 52.8 Å². The van der Waals surface area contributed by atoms with Gasteiger partial charge in [0.05, 0.1) is 12.5 Å². The van der Waals surface area contributed by atoms with Crippen LogP contribution in [0.15, 0.2) is 176 Å². The molecule has 0 saturated carbocycles. The number of rotatable bonds is 36. The monoisotopic (exact) mass is 1450 g/mol. The molecule has 0 saturated heterocycles. The standard InChI is InChI=1S/C78H88N12O16/c1-44(2)67(76(102)87-65(40-79)75(101)90-68(45(3)91)69(80)95)89-70(96)60(27-15-16-34-81-77(103)105-42-47-17-5-4-6-18-47)83-73(99)63(38-51-41-82-59-26-14-13-21-53(51)59)85-71(97)61(36-46-29-32-52(92)33-30-46)84-74(100)64(39-66(93)94)86-72(98)62(37-48-28-31-49-19-7-8-20-50(49)35-48)88-78(104)106-43-58-56-24-11-9-22-54(56)55-23-10-12-25-57(55)58/h4-14,17-26,28-33,35,41,44-45,58,60-65,67-68,82,91-92H,15-16,27,34,36-40,42-43,79H2,1-3H3,(H2,80,95)(H,81,103)(H,83,99)(H,84,100)(H,85,97)(H,86,98)(H,87,102)(H,88,104)(H,89,96)(H,90,101)(H,93,94)/t45-,60+,61+,62-,63-,64+,65+,67+,68+/m1/s1. The molecule has 10 amide bonds. The zero-order chi connectivity index (χ0) is 76.0. The van der Waals surface area contributed by atoms with E-state index >= 15 is 9.59 Å². The summed E-state index contributed by atoms with van der Waals surface area (Å²) in [7, 11) is 0. The van der Waals surface area contributed by atoms with Gasteiger partial charge in [-0.3, -0.25) is 43.2 Å². The summed E-state index contributed by atoms with van der Waals surface area (Å²) in [6.07, 6.45) is -3.16. The number of H-pyrrole nitrogens is 1. The predicted molar refractivity (Wildman–Crippen MR) is 392 cm³/mol. The molecule has 0 unspecified atom stereocenters. The number of phenols is 1. The van der Waals surface area contributed by atoms with E-state index in [-0.39, 0.29) is 70.0 Å². The lowest BCUT2D eigenvalue weighted by atomic mass is 9.98. The second-order valence-corrected chi connectivity index (χ2v) is 26.3. The molecule has 17 N–H and O–H groups in total. The van der Waals surface area contributed by atoms with Crippen molar-refractivity contribution in [3.05, 3.63) is 209 Å². The molecule has 0 spiro atoms. The molecule has 7 aromatic carbocycles. The Morgan fingerprint density at radius 3 is 1.67 bits per heavy atom. The van der Waals surface area contributed by atoms with Crippen LogP contribution in [0.2, 0.25) is 0 Å². The first-order chi connectivity index (χ1) is 50.9. The number of aromatic nitrogens is 1. The first-order valence-electron chi connectivity index (χ1n) is 34.8. The van der Waals surface area contributed by atoms with E-state index in [1.54, 1.807) is 74.6 Å². The summed E-state index contributed by atoms with van der Waals surface area (Å²) in [5.74, 6) is -10.8. The van der Waals surface area contributed by atoms with Crippen LogP contribution in [0, 0.1) is 5.92 Å². The zero-order valence-corrected chi connectivity index (χ0v) is 58.7. The van der Waals surface area contributed by atoms with Crippen molar-refractivity contribution in [2.45, 2.75) is 133 Å². The molecule has 0 bridgehead atoms. The molecular formula is C78H88N12O16. The van der Waals surface area contributed by atoms with Gasteiger partial charge in [-0.2, -0.15) is 0 Å². The molecule has 28 heteroatoms. The van der Waals surface area contributed by atoms with Gasteiger partial charge in [0.1, 0.15) is 67.3 Å². The molecule has 9 atom stereocenters. The number of carbonyl (C=O) groups excluding carboxylic acids is 10. The molecule has 0 radical (unpaired) electrons. The van der Waals surface area contributed by atoms with Crippen LogP contribution >= 0.6 is 0 Å². The van der Waals surface area contributed by atoms with Gasteiger partial charge in [-0.25, -0.2) is 9.59 Å². The lowest BCUT2D eigenvalue weighted by Crippen LogP contribution is -2.62. The molecule has 1 aromatic heterocycles. The molecule has 106 heavy (non-hydrogen) atoms. The molecule has 556 valence electrons. The van der Waals surface area contributed by atoms with Crippen molar-refractivity contribution in [2.75, 3.05) is 19.7 Å². The number of nitrogens with two attached hydrogens (primary N) is 2. The van der Waals surface area contributed by atoms with Crippen LogP contribution in [0.25, 0.3) is 32.8 Å². The molecule has 28 nitrogen and oxygen atoms in total. The fourth-order valence-corrected chi connectivity index (χ4v) is 12.5. The van der Waals surface area contributed by atoms with E-state index < -0.39 is 139 Å². The van der Waals surface area contributed by atoms with E-state index in [1.165, 1.54) is 31.2 Å². The van der Waals surface area contributed by atoms with Gasteiger partial charge >= 0.3 is 18.2 Å². The van der Waals surface area contributed by atoms with Gasteiger partial charge in [0.25, 0.3) is 0 Å². The van der Waals surface area contributed by atoms with Gasteiger partial charge in [0, 0.05) is 55.4 Å². The lowest BCUT2D eigenvalue weighted by molar-refractivity contribution is -0.141. The first-order valence-corrected chi connectivity index (χ1v) is 34.8. The van der Waals surface area contributed by atoms with Crippen molar-refractivity contribution in [2.24, 2.45) is 17.4 Å². The topological polar surface area (TPSA) is 443 Å². The largest absolute Gasteiger partial charge is 0.508 e. The molecule has 1 aliphatic carbocycles. The van der Waals surface area contributed by atoms with E-state index in [0.717, 1.165) is 38.6 Å². The van der Waals surface area contributed by atoms with Gasteiger partial charge in [-0.1, -0.05) is 166 Å². The number of aliphatic carboxylic acids is 1. The molecule has 0 aliphatic heterocycles. The van der Waals surface area contributed by atoms with Gasteiger partial charge in [-0.15, -0.1) is 0 Å². The maximum absolute atomic E-state index is 15.3. The fourth-order valence-electron chi connectivity index (χ4n) is 12.5. The number of fused-ring (bicyclic) bond motifs is 5. The lowest BCUT2D eigenvalue weighted by Gasteiger charge is -2.29. The maximum Gasteiger partial charge on any atom is 0.407 e. The van der Waals surface area contributed by atoms with Gasteiger partial charge in [-0.05, 0) is 106 Å². The number of alkyl carbamates (subject to hydrolysis) is 2. The highest BCUT2D eigenvalue weighted by atomic mass is 16.6. The minimum absolute atomic E-state index is 0.0110. The predicted octanol–water partition coefficient (Wildman–Crippen LogP) is 4.41. The average Bonchev–Trinajstić information content (AvgIpc) is 1.62. The number of amides is 10. The Labute approximate surface area is 610 Å². The van der Waals surface area contributed by atoms with Crippen LogP contribution in [0.3, 0.4) is 0 Å². The number of unbranched alkanes of at least 4 members (excludes halogenated alkanes) is 1. The van der Waals surface area contributed by atoms with E-state index in [2.05, 4.69) is 52.8 Å². The quantitative estimate of drug-likeness (QED) is 0.0242. The maximum atomic E-state index is 15.3. The minimum Gasteiger partial charge on any atom is -0.508 e. The number of hydrogen-bond acceptors (Lipinski definition) is 16. The number of carboxylic acids is 1. The number of hydrogen-bond donors (Lipinski definition) is 15. The summed E-state index contributed by atoms with van der Waals surface area (Å²) in [6.45, 7) is 3.80. The molecule has 8 aromatic rings. The highest BCUT2D eigenvalue weighted by Crippen LogP contribution is 2.44. The van der Waals surface area contributed by atoms with Crippen molar-refractivity contribution < 1.29 is 77.5 Å². The normalized spacial score (nSPS) is 14.2. The third-order valence-electron chi connectivity index (χ3n) is 18.2. The number of primary amides is 1. The number of aromatic amines is 1. The summed E-state index contributed by atoms with van der Waals surface area (Å²) in [5.41, 5.74) is 17.9. The summed E-state index contributed by atoms with van der Waals surface area (Å²) < 4.78 is 11.2. The number of carboxylic acid groups (broad SMARTS) is 1. The smallest absolute Gasteiger partial charge is 0.407 e. The fraction of sp³-hybridized carbons (Fsp3) is 0.321. The highest BCUT2D eigenvalue weighted by Gasteiger charge is 2.38. The van der Waals surface area contributed by atoms with Crippen molar-refractivity contribution >= 4 is 87.1 Å². The summed E-state index contributed by atoms with van der Waals surface area (Å²) in [5, 5.41) is 56.5. The van der Waals surface area contributed by atoms with E-state index in [1.807, 2.05) is 91.0 Å². The molecule has 1 heterocycles. The van der Waals surface area contributed by atoms with Crippen LogP contribution < -0.4 is 59.3 Å². The van der Waals surface area contributed by atoms with E-state index in [9.17, 15) is 58.5 Å². The second kappa shape index (κ2) is 37.3. The van der Waals surface area contributed by atoms with Crippen LogP contribution in [-0.2, 0) is 78.5 Å². The Bertz CT molecular complexity index is 4410. The first kappa shape index (κ1) is 78.0. The van der Waals surface area contributed by atoms with Gasteiger partial charge in [0.2, 0.25) is 47.3 Å². The SMILES string of the molecule is CC(C)[C@H](NC(=O)[C@H](CCCCNC(=O)OCc1ccccc1)NC(=O)[C@@H](Cc1c[nH]c2ccccc12)NC(=O)[C@H](Cc1ccc(O)cc1)NC(=O)[C@H](CC(=O)O)NC(=O)[C@@H](Cc1ccc2ccccc2c1)NC(=O)OCC1c2ccccc2-c2ccccc21)C(=O)N[C@@H](CN)C(=O)N[C@H](C(N)=O)[C@@H](C)O. The van der Waals surface area contributed by atoms with E-state index in [4.69, 9.17) is 20.9 Å². The Hall–Kier alpha value is -12.2. The summed E-state index contributed by atoms with van der Waals surface area (Å²) >= 11 is 0. The number of ether oxygens (including phenoxy) is 2. The van der Waals surface area contributed by atoms with Crippen molar-refractivity contribution in [1.29, 1.82) is 0 Å². The Balaban J connectivity index is 0.974. The third-order valence-corrected chi connectivity index (χ3v) is 18.2. The number of aliphatic hydroxyl groups excluding tert-OH is 1. The van der Waals surface area contributed by atoms with E-state index in [0.29, 0.717) is 27.6 Å². The number of aromatic hydroxyl groups is 1. The van der Waals surface area contributed by atoms with Crippen LogP contribution in [0.1, 0.15) is 85.8 Å². The molecule has 0 fully saturated rings. The Morgan fingerprint density at radius 1 is 0.500 bits per heavy atom. The van der Waals surface area contributed by atoms with Crippen LogP contribution in [0.4, 0.5) is 9.59 Å². The van der Waals surface area contributed by atoms with Gasteiger partial charge in [0.15, 0.2) is 0 Å². The average molecular weight is 1450 g/mol. The number of aliphatic hydroxyl groups is 1. The molecule has 9 rings (SSSR count). The number of phenolic OH excluding ortho intramolecular Hbond substituents is 1. The van der Waals surface area contributed by atoms with Crippen LogP contribution in [-0.4, -0.2) is 160 Å².